The zero-order valence-electron chi connectivity index (χ0n) is 12.5. The first-order chi connectivity index (χ1) is 11.1. The van der Waals surface area contributed by atoms with Crippen LogP contribution in [0, 0.1) is 0 Å². The first kappa shape index (κ1) is 15.4. The van der Waals surface area contributed by atoms with Gasteiger partial charge in [0.2, 0.25) is 5.91 Å². The van der Waals surface area contributed by atoms with E-state index in [1.807, 2.05) is 17.5 Å². The van der Waals surface area contributed by atoms with E-state index in [1.165, 1.54) is 7.11 Å². The molecule has 2 heterocycles. The standard InChI is InChI=1S/C16H16N2O4S/c1-21-12-3-2-9(6-13(12)22-8-14(17)19)10-7-15(20)18-11-4-5-23-16(10)11/h2-6,10H,7-8H2,1H3,(H2,17,19)(H,18,20)/t10-/m1/s1. The van der Waals surface area contributed by atoms with E-state index in [1.54, 1.807) is 23.5 Å². The quantitative estimate of drug-likeness (QED) is 0.877. The van der Waals surface area contributed by atoms with Crippen LogP contribution >= 0.6 is 11.3 Å². The molecular weight excluding hydrogens is 316 g/mol. The van der Waals surface area contributed by atoms with Crippen molar-refractivity contribution in [3.63, 3.8) is 0 Å². The Kier molecular flexibility index (Phi) is 4.20. The lowest BCUT2D eigenvalue weighted by molar-refractivity contribution is -0.120. The topological polar surface area (TPSA) is 90.7 Å². The molecule has 6 nitrogen and oxygen atoms in total. The molecule has 0 radical (unpaired) electrons. The summed E-state index contributed by atoms with van der Waals surface area (Å²) in [5.74, 6) is 0.335. The van der Waals surface area contributed by atoms with Gasteiger partial charge >= 0.3 is 0 Å². The zero-order valence-corrected chi connectivity index (χ0v) is 13.3. The number of fused-ring (bicyclic) bond motifs is 1. The van der Waals surface area contributed by atoms with E-state index < -0.39 is 5.91 Å². The first-order valence-electron chi connectivity index (χ1n) is 7.04. The van der Waals surface area contributed by atoms with Crippen molar-refractivity contribution in [1.82, 2.24) is 0 Å². The molecule has 1 aromatic carbocycles. The minimum Gasteiger partial charge on any atom is -0.493 e. The Balaban J connectivity index is 1.96. The highest BCUT2D eigenvalue weighted by atomic mass is 32.1. The van der Waals surface area contributed by atoms with Crippen molar-refractivity contribution < 1.29 is 19.1 Å². The Morgan fingerprint density at radius 1 is 1.39 bits per heavy atom. The summed E-state index contributed by atoms with van der Waals surface area (Å²) in [6.07, 6.45) is 0.370. The third-order valence-electron chi connectivity index (χ3n) is 3.64. The number of benzene rings is 1. The summed E-state index contributed by atoms with van der Waals surface area (Å²) in [7, 11) is 1.53. The molecule has 1 atom stereocenters. The molecular formula is C16H16N2O4S. The van der Waals surface area contributed by atoms with Crippen LogP contribution in [0.4, 0.5) is 5.69 Å². The molecule has 2 amide bonds. The smallest absolute Gasteiger partial charge is 0.255 e. The minimum atomic E-state index is -0.560. The lowest BCUT2D eigenvalue weighted by atomic mass is 9.90. The van der Waals surface area contributed by atoms with Crippen molar-refractivity contribution in [2.45, 2.75) is 12.3 Å². The minimum absolute atomic E-state index is 0.0173. The number of carbonyl (C=O) groups excluding carboxylic acids is 2. The maximum absolute atomic E-state index is 11.9. The summed E-state index contributed by atoms with van der Waals surface area (Å²) < 4.78 is 10.7. The second-order valence-electron chi connectivity index (χ2n) is 5.17. The maximum Gasteiger partial charge on any atom is 0.255 e. The zero-order chi connectivity index (χ0) is 16.4. The van der Waals surface area contributed by atoms with Gasteiger partial charge in [-0.1, -0.05) is 6.07 Å². The Morgan fingerprint density at radius 2 is 2.22 bits per heavy atom. The van der Waals surface area contributed by atoms with Crippen LogP contribution in [-0.2, 0) is 9.59 Å². The summed E-state index contributed by atoms with van der Waals surface area (Å²) in [4.78, 5) is 23.9. The van der Waals surface area contributed by atoms with Crippen molar-refractivity contribution in [1.29, 1.82) is 0 Å². The largest absolute Gasteiger partial charge is 0.493 e. The second kappa shape index (κ2) is 6.29. The average Bonchev–Trinajstić information content (AvgIpc) is 2.99. The van der Waals surface area contributed by atoms with Gasteiger partial charge < -0.3 is 20.5 Å². The number of amides is 2. The molecule has 2 aromatic rings. The molecule has 0 fully saturated rings. The molecule has 1 aliphatic rings. The number of nitrogens with one attached hydrogen (secondary N) is 1. The van der Waals surface area contributed by atoms with Gasteiger partial charge in [-0.15, -0.1) is 11.3 Å². The molecule has 3 N–H and O–H groups in total. The van der Waals surface area contributed by atoms with Crippen LogP contribution in [-0.4, -0.2) is 25.5 Å². The Labute approximate surface area is 137 Å². The third kappa shape index (κ3) is 3.14. The predicted molar refractivity (Wildman–Crippen MR) is 87.1 cm³/mol. The van der Waals surface area contributed by atoms with Gasteiger partial charge in [0, 0.05) is 17.2 Å². The van der Waals surface area contributed by atoms with Gasteiger partial charge in [-0.2, -0.15) is 0 Å². The van der Waals surface area contributed by atoms with Gasteiger partial charge in [0.1, 0.15) is 0 Å². The Bertz CT molecular complexity index is 756. The van der Waals surface area contributed by atoms with Crippen molar-refractivity contribution in [2.24, 2.45) is 5.73 Å². The van der Waals surface area contributed by atoms with E-state index in [0.717, 1.165) is 16.1 Å². The van der Waals surface area contributed by atoms with Crippen LogP contribution in [0.1, 0.15) is 22.8 Å². The van der Waals surface area contributed by atoms with E-state index in [-0.39, 0.29) is 18.4 Å². The number of hydrogen-bond acceptors (Lipinski definition) is 5. The van der Waals surface area contributed by atoms with Crippen LogP contribution in [0.5, 0.6) is 11.5 Å². The normalized spacial score (nSPS) is 16.4. The van der Waals surface area contributed by atoms with Crippen LogP contribution < -0.4 is 20.5 Å². The number of thiophene rings is 1. The number of nitrogens with two attached hydrogens (primary N) is 1. The van der Waals surface area contributed by atoms with E-state index in [9.17, 15) is 9.59 Å². The number of methoxy groups -OCH3 is 1. The van der Waals surface area contributed by atoms with Gasteiger partial charge in [-0.25, -0.2) is 0 Å². The molecule has 0 unspecified atom stereocenters. The third-order valence-corrected chi connectivity index (χ3v) is 4.67. The Morgan fingerprint density at radius 3 is 2.96 bits per heavy atom. The van der Waals surface area contributed by atoms with Crippen molar-refractivity contribution >= 4 is 28.8 Å². The van der Waals surface area contributed by atoms with Crippen molar-refractivity contribution in [3.05, 3.63) is 40.1 Å². The number of rotatable bonds is 5. The second-order valence-corrected chi connectivity index (χ2v) is 6.12. The highest BCUT2D eigenvalue weighted by Crippen LogP contribution is 2.42. The van der Waals surface area contributed by atoms with Crippen LogP contribution in [0.25, 0.3) is 0 Å². The fourth-order valence-corrected chi connectivity index (χ4v) is 3.59. The van der Waals surface area contributed by atoms with E-state index in [4.69, 9.17) is 15.2 Å². The average molecular weight is 332 g/mol. The molecule has 23 heavy (non-hydrogen) atoms. The van der Waals surface area contributed by atoms with E-state index in [0.29, 0.717) is 17.9 Å². The van der Waals surface area contributed by atoms with Gasteiger partial charge in [0.05, 0.1) is 12.8 Å². The summed E-state index contributed by atoms with van der Waals surface area (Å²) in [5.41, 5.74) is 6.91. The molecule has 0 saturated heterocycles. The lowest BCUT2D eigenvalue weighted by Crippen LogP contribution is -2.22. The van der Waals surface area contributed by atoms with Crippen molar-refractivity contribution in [3.8, 4) is 11.5 Å². The fourth-order valence-electron chi connectivity index (χ4n) is 2.61. The Hall–Kier alpha value is -2.54. The highest BCUT2D eigenvalue weighted by molar-refractivity contribution is 7.10. The summed E-state index contributed by atoms with van der Waals surface area (Å²) in [6.45, 7) is -0.227. The van der Waals surface area contributed by atoms with Crippen LogP contribution in [0.2, 0.25) is 0 Å². The number of hydrogen-bond donors (Lipinski definition) is 2. The summed E-state index contributed by atoms with van der Waals surface area (Å²) in [5, 5.41) is 4.83. The molecule has 0 bridgehead atoms. The number of primary amides is 1. The monoisotopic (exact) mass is 332 g/mol. The number of carbonyl (C=O) groups is 2. The van der Waals surface area contributed by atoms with E-state index in [2.05, 4.69) is 5.32 Å². The van der Waals surface area contributed by atoms with Gasteiger partial charge in [0.15, 0.2) is 18.1 Å². The molecule has 1 aromatic heterocycles. The molecule has 3 rings (SSSR count). The first-order valence-corrected chi connectivity index (χ1v) is 7.92. The summed E-state index contributed by atoms with van der Waals surface area (Å²) in [6, 6.07) is 7.38. The summed E-state index contributed by atoms with van der Waals surface area (Å²) >= 11 is 1.60. The molecule has 1 aliphatic heterocycles. The molecule has 0 spiro atoms. The molecule has 120 valence electrons. The van der Waals surface area contributed by atoms with Crippen molar-refractivity contribution in [2.75, 3.05) is 19.0 Å². The molecule has 7 heteroatoms. The highest BCUT2D eigenvalue weighted by Gasteiger charge is 2.28. The molecule has 0 saturated carbocycles. The van der Waals surface area contributed by atoms with Crippen LogP contribution in [0.15, 0.2) is 29.6 Å². The maximum atomic E-state index is 11.9. The van der Waals surface area contributed by atoms with Gasteiger partial charge in [-0.3, -0.25) is 9.59 Å². The molecule has 0 aliphatic carbocycles. The SMILES string of the molecule is COc1ccc([C@H]2CC(=O)Nc3ccsc32)cc1OCC(N)=O. The van der Waals surface area contributed by atoms with E-state index >= 15 is 0 Å². The fraction of sp³-hybridized carbons (Fsp3) is 0.250. The van der Waals surface area contributed by atoms with Gasteiger partial charge in [-0.05, 0) is 29.1 Å². The van der Waals surface area contributed by atoms with Gasteiger partial charge in [0.25, 0.3) is 5.91 Å². The number of anilines is 1. The number of ether oxygens (including phenoxy) is 2. The predicted octanol–water partition coefficient (Wildman–Crippen LogP) is 2.09. The lowest BCUT2D eigenvalue weighted by Gasteiger charge is -2.23. The van der Waals surface area contributed by atoms with Crippen LogP contribution in [0.3, 0.4) is 0 Å².